The first-order valence-electron chi connectivity index (χ1n) is 12.3. The number of hydrogen-bond donors (Lipinski definition) is 3. The number of amides is 1. The molecule has 1 spiro atoms. The van der Waals surface area contributed by atoms with Crippen LogP contribution in [0.1, 0.15) is 54.6 Å². The summed E-state index contributed by atoms with van der Waals surface area (Å²) in [4.78, 5) is 19.6. The van der Waals surface area contributed by atoms with Gasteiger partial charge in [-0.1, -0.05) is 12.0 Å². The Balaban J connectivity index is 1.53. The van der Waals surface area contributed by atoms with Crippen LogP contribution in [0.4, 0.5) is 30.4 Å². The Labute approximate surface area is 219 Å². The summed E-state index contributed by atoms with van der Waals surface area (Å²) in [5.74, 6) is 4.30. The molecular formula is C26H29F3N4O4S. The average molecular weight is 551 g/mol. The van der Waals surface area contributed by atoms with Crippen molar-refractivity contribution in [1.82, 2.24) is 4.98 Å². The zero-order valence-corrected chi connectivity index (χ0v) is 21.5. The van der Waals surface area contributed by atoms with E-state index in [0.717, 1.165) is 25.9 Å². The van der Waals surface area contributed by atoms with Crippen LogP contribution in [0.15, 0.2) is 36.4 Å². The van der Waals surface area contributed by atoms with Gasteiger partial charge in [-0.2, -0.15) is 13.2 Å². The molecule has 2 aliphatic rings. The second-order valence-corrected chi connectivity index (χ2v) is 11.5. The van der Waals surface area contributed by atoms with Crippen molar-refractivity contribution in [2.75, 3.05) is 40.4 Å². The van der Waals surface area contributed by atoms with E-state index in [0.29, 0.717) is 16.7 Å². The van der Waals surface area contributed by atoms with Crippen LogP contribution in [0, 0.1) is 17.3 Å². The van der Waals surface area contributed by atoms with Gasteiger partial charge in [0.15, 0.2) is 0 Å². The zero-order valence-electron chi connectivity index (χ0n) is 20.6. The predicted molar refractivity (Wildman–Crippen MR) is 138 cm³/mol. The molecule has 2 aromatic rings. The molecule has 12 heteroatoms. The molecule has 4 rings (SSSR count). The van der Waals surface area contributed by atoms with Gasteiger partial charge in [0.2, 0.25) is 10.0 Å². The molecule has 2 heterocycles. The highest BCUT2D eigenvalue weighted by Gasteiger charge is 2.44. The van der Waals surface area contributed by atoms with Crippen molar-refractivity contribution in [3.63, 3.8) is 0 Å². The monoisotopic (exact) mass is 550 g/mol. The summed E-state index contributed by atoms with van der Waals surface area (Å²) < 4.78 is 63.8. The number of aliphatic hydroxyl groups excluding tert-OH is 1. The Hall–Kier alpha value is -3.30. The quantitative estimate of drug-likeness (QED) is 0.426. The van der Waals surface area contributed by atoms with E-state index in [1.807, 2.05) is 0 Å². The predicted octanol–water partition coefficient (Wildman–Crippen LogP) is 4.14. The van der Waals surface area contributed by atoms with Crippen LogP contribution in [0.5, 0.6) is 0 Å². The van der Waals surface area contributed by atoms with Gasteiger partial charge in [-0.3, -0.25) is 9.52 Å². The molecule has 204 valence electrons. The van der Waals surface area contributed by atoms with E-state index >= 15 is 0 Å². The molecule has 0 atom stereocenters. The molecule has 3 N–H and O–H groups in total. The first-order valence-corrected chi connectivity index (χ1v) is 14.0. The third-order valence-corrected chi connectivity index (χ3v) is 8.00. The number of carbonyl (C=O) groups excluding carboxylic acids is 1. The molecule has 8 nitrogen and oxygen atoms in total. The number of rotatable bonds is 8. The third kappa shape index (κ3) is 7.61. The van der Waals surface area contributed by atoms with Crippen molar-refractivity contribution in [3.8, 4) is 11.8 Å². The van der Waals surface area contributed by atoms with Crippen molar-refractivity contribution >= 4 is 33.1 Å². The first kappa shape index (κ1) is 27.7. The highest BCUT2D eigenvalue weighted by molar-refractivity contribution is 7.92. The highest BCUT2D eigenvalue weighted by atomic mass is 32.2. The van der Waals surface area contributed by atoms with Crippen molar-refractivity contribution < 1.29 is 31.5 Å². The summed E-state index contributed by atoms with van der Waals surface area (Å²) in [6, 6.07) is 9.31. The van der Waals surface area contributed by atoms with Gasteiger partial charge in [-0.15, -0.1) is 0 Å². The summed E-state index contributed by atoms with van der Waals surface area (Å²) in [7, 11) is -3.75. The lowest BCUT2D eigenvalue weighted by Gasteiger charge is -2.35. The lowest BCUT2D eigenvalue weighted by molar-refractivity contribution is -0.133. The fourth-order valence-corrected chi connectivity index (χ4v) is 5.24. The maximum absolute atomic E-state index is 13.3. The number of nitrogens with zero attached hydrogens (tertiary/aromatic N) is 2. The number of sulfonamides is 1. The van der Waals surface area contributed by atoms with Crippen molar-refractivity contribution in [2.45, 2.75) is 44.7 Å². The number of nitrogens with one attached hydrogen (secondary N) is 2. The number of anilines is 3. The number of piperidine rings is 1. The van der Waals surface area contributed by atoms with E-state index in [-0.39, 0.29) is 23.6 Å². The van der Waals surface area contributed by atoms with Crippen LogP contribution in [-0.4, -0.2) is 56.0 Å². The van der Waals surface area contributed by atoms with Gasteiger partial charge in [0.25, 0.3) is 5.91 Å². The Morgan fingerprint density at radius 2 is 1.87 bits per heavy atom. The van der Waals surface area contributed by atoms with E-state index in [1.54, 1.807) is 18.2 Å². The number of aliphatic hydroxyl groups is 1. The van der Waals surface area contributed by atoms with E-state index < -0.39 is 40.9 Å². The molecule has 0 bridgehead atoms. The van der Waals surface area contributed by atoms with Crippen LogP contribution < -0.4 is 14.9 Å². The van der Waals surface area contributed by atoms with Gasteiger partial charge in [0.1, 0.15) is 11.5 Å². The molecule has 1 aromatic carbocycles. The van der Waals surface area contributed by atoms with Gasteiger partial charge in [-0.05, 0) is 67.4 Å². The molecule has 1 aromatic heterocycles. The number of pyridine rings is 1. The van der Waals surface area contributed by atoms with Gasteiger partial charge >= 0.3 is 6.18 Å². The Morgan fingerprint density at radius 3 is 2.53 bits per heavy atom. The SMILES string of the molecule is O=C(Nc1cccc(C#CCCC(F)(F)F)n1)c1ccc(NS(=O)(=O)CCO)cc1N1CCC2(CC1)CC2. The summed E-state index contributed by atoms with van der Waals surface area (Å²) in [6.45, 7) is 0.943. The Bertz CT molecular complexity index is 1340. The van der Waals surface area contributed by atoms with Crippen molar-refractivity contribution in [2.24, 2.45) is 5.41 Å². The van der Waals surface area contributed by atoms with E-state index in [9.17, 15) is 26.4 Å². The summed E-state index contributed by atoms with van der Waals surface area (Å²) >= 11 is 0. The Kier molecular flexibility index (Phi) is 8.18. The summed E-state index contributed by atoms with van der Waals surface area (Å²) in [5.41, 5.74) is 1.80. The van der Waals surface area contributed by atoms with Gasteiger partial charge in [0, 0.05) is 19.5 Å². The van der Waals surface area contributed by atoms with E-state index in [1.165, 1.54) is 31.0 Å². The van der Waals surface area contributed by atoms with Crippen LogP contribution in [0.3, 0.4) is 0 Å². The fraction of sp³-hybridized carbons (Fsp3) is 0.462. The number of hydrogen-bond acceptors (Lipinski definition) is 6. The van der Waals surface area contributed by atoms with Crippen LogP contribution in [0.25, 0.3) is 0 Å². The standard InChI is InChI=1S/C26H29F3N4O4S/c27-26(28,29)9-2-1-4-19-5-3-6-23(30-19)31-24(35)21-8-7-20(32-38(36,37)17-16-34)18-22(21)33-14-12-25(10-11-25)13-15-33/h3,5-8,18,32,34H,2,9-17H2,(H,30,31,35). The van der Waals surface area contributed by atoms with Crippen molar-refractivity contribution in [1.29, 1.82) is 0 Å². The normalized spacial score (nSPS) is 16.5. The average Bonchev–Trinajstić information content (AvgIpc) is 3.60. The molecule has 2 fully saturated rings. The van der Waals surface area contributed by atoms with Crippen LogP contribution in [0.2, 0.25) is 0 Å². The molecule has 38 heavy (non-hydrogen) atoms. The molecule has 1 aliphatic carbocycles. The smallest absolute Gasteiger partial charge is 0.390 e. The number of alkyl halides is 3. The molecule has 1 aliphatic heterocycles. The van der Waals surface area contributed by atoms with Gasteiger partial charge < -0.3 is 15.3 Å². The second kappa shape index (κ2) is 11.2. The molecule has 1 amide bonds. The molecular weight excluding hydrogens is 521 g/mol. The number of carbonyl (C=O) groups is 1. The van der Waals surface area contributed by atoms with Crippen LogP contribution in [-0.2, 0) is 10.0 Å². The summed E-state index contributed by atoms with van der Waals surface area (Å²) in [5, 5.41) is 11.7. The number of halogens is 3. The molecule has 0 unspecified atom stereocenters. The molecule has 0 radical (unpaired) electrons. The van der Waals surface area contributed by atoms with E-state index in [2.05, 4.69) is 31.8 Å². The lowest BCUT2D eigenvalue weighted by atomic mass is 9.93. The maximum Gasteiger partial charge on any atom is 0.390 e. The minimum Gasteiger partial charge on any atom is -0.395 e. The first-order chi connectivity index (χ1) is 18.0. The van der Waals surface area contributed by atoms with Gasteiger partial charge in [-0.25, -0.2) is 13.4 Å². The Morgan fingerprint density at radius 1 is 1.13 bits per heavy atom. The van der Waals surface area contributed by atoms with Gasteiger partial charge in [0.05, 0.1) is 35.7 Å². The lowest BCUT2D eigenvalue weighted by Crippen LogP contribution is -2.35. The zero-order chi connectivity index (χ0) is 27.4. The maximum atomic E-state index is 13.3. The second-order valence-electron chi connectivity index (χ2n) is 9.64. The highest BCUT2D eigenvalue weighted by Crippen LogP contribution is 2.54. The topological polar surface area (TPSA) is 112 Å². The fourth-order valence-electron chi connectivity index (χ4n) is 4.41. The largest absolute Gasteiger partial charge is 0.395 e. The van der Waals surface area contributed by atoms with E-state index in [4.69, 9.17) is 5.11 Å². The van der Waals surface area contributed by atoms with Crippen molar-refractivity contribution in [3.05, 3.63) is 47.7 Å². The molecule has 1 saturated heterocycles. The number of aromatic nitrogens is 1. The van der Waals surface area contributed by atoms with Crippen LogP contribution >= 0.6 is 0 Å². The minimum absolute atomic E-state index is 0.187. The molecule has 1 saturated carbocycles. The number of benzene rings is 1. The third-order valence-electron chi connectivity index (χ3n) is 6.74. The minimum atomic E-state index is -4.28. The summed E-state index contributed by atoms with van der Waals surface area (Å²) in [6.07, 6.45) is -1.25.